The zero-order chi connectivity index (χ0) is 18.8. The predicted octanol–water partition coefficient (Wildman–Crippen LogP) is 0.986. The first kappa shape index (κ1) is 17.7. The van der Waals surface area contributed by atoms with Gasteiger partial charge < -0.3 is 19.9 Å². The molecule has 0 aliphatic carbocycles. The number of carbonyl (C=O) groups is 1. The molecule has 0 unspecified atom stereocenters. The van der Waals surface area contributed by atoms with E-state index >= 15 is 0 Å². The number of amides is 1. The van der Waals surface area contributed by atoms with Crippen molar-refractivity contribution in [1.29, 1.82) is 0 Å². The van der Waals surface area contributed by atoms with Crippen LogP contribution < -0.4 is 10.2 Å². The number of nitrogens with zero attached hydrogens (tertiary/aromatic N) is 6. The van der Waals surface area contributed by atoms with Crippen molar-refractivity contribution in [2.24, 2.45) is 0 Å². The summed E-state index contributed by atoms with van der Waals surface area (Å²) in [6.45, 7) is 8.67. The Kier molecular flexibility index (Phi) is 4.93. The summed E-state index contributed by atoms with van der Waals surface area (Å²) in [7, 11) is 0. The molecular weight excluding hydrogens is 346 g/mol. The minimum absolute atomic E-state index is 0.0221. The van der Waals surface area contributed by atoms with Crippen LogP contribution in [0.5, 0.6) is 0 Å². The Bertz CT molecular complexity index is 814. The van der Waals surface area contributed by atoms with Crippen LogP contribution in [0.4, 0.5) is 11.8 Å². The second kappa shape index (κ2) is 7.51. The molecule has 144 valence electrons. The summed E-state index contributed by atoms with van der Waals surface area (Å²) in [5.74, 6) is 1.48. The van der Waals surface area contributed by atoms with Gasteiger partial charge in [0.2, 0.25) is 5.95 Å². The van der Waals surface area contributed by atoms with Crippen molar-refractivity contribution in [2.45, 2.75) is 33.0 Å². The largest absolute Gasteiger partial charge is 0.378 e. The number of hydrogen-bond acceptors (Lipinski definition) is 7. The number of rotatable bonds is 4. The Hall–Kier alpha value is -2.68. The van der Waals surface area contributed by atoms with Gasteiger partial charge in [-0.15, -0.1) is 0 Å². The van der Waals surface area contributed by atoms with Gasteiger partial charge in [0.1, 0.15) is 5.82 Å². The van der Waals surface area contributed by atoms with Crippen LogP contribution in [-0.2, 0) is 17.8 Å². The molecule has 0 atom stereocenters. The van der Waals surface area contributed by atoms with E-state index in [9.17, 15) is 4.79 Å². The Morgan fingerprint density at radius 2 is 2.04 bits per heavy atom. The van der Waals surface area contributed by atoms with Crippen molar-refractivity contribution in [1.82, 2.24) is 24.6 Å². The zero-order valence-electron chi connectivity index (χ0n) is 15.8. The molecule has 9 heteroatoms. The second-order valence-corrected chi connectivity index (χ2v) is 7.11. The molecule has 0 saturated carbocycles. The number of morpholine rings is 1. The molecule has 2 aliphatic rings. The van der Waals surface area contributed by atoms with Crippen molar-refractivity contribution in [3.63, 3.8) is 0 Å². The summed E-state index contributed by atoms with van der Waals surface area (Å²) < 4.78 is 7.24. The van der Waals surface area contributed by atoms with Crippen LogP contribution in [-0.4, -0.2) is 69.4 Å². The average molecular weight is 371 g/mol. The molecule has 2 aromatic heterocycles. The van der Waals surface area contributed by atoms with Crippen molar-refractivity contribution >= 4 is 17.7 Å². The predicted molar refractivity (Wildman–Crippen MR) is 101 cm³/mol. The van der Waals surface area contributed by atoms with Crippen LogP contribution in [0.2, 0.25) is 0 Å². The normalized spacial score (nSPS) is 17.1. The van der Waals surface area contributed by atoms with Crippen LogP contribution in [0.3, 0.4) is 0 Å². The van der Waals surface area contributed by atoms with Gasteiger partial charge in [0.15, 0.2) is 5.69 Å². The van der Waals surface area contributed by atoms with Gasteiger partial charge in [0, 0.05) is 31.9 Å². The van der Waals surface area contributed by atoms with Gasteiger partial charge in [-0.05, 0) is 26.0 Å². The Morgan fingerprint density at radius 3 is 2.81 bits per heavy atom. The molecule has 4 heterocycles. The second-order valence-electron chi connectivity index (χ2n) is 7.11. The molecule has 1 saturated heterocycles. The smallest absolute Gasteiger partial charge is 0.274 e. The fraction of sp³-hybridized carbons (Fsp3) is 0.556. The lowest BCUT2D eigenvalue weighted by Crippen LogP contribution is -2.40. The van der Waals surface area contributed by atoms with E-state index in [1.165, 1.54) is 0 Å². The van der Waals surface area contributed by atoms with Crippen molar-refractivity contribution in [3.8, 4) is 0 Å². The summed E-state index contributed by atoms with van der Waals surface area (Å²) in [5, 5.41) is 7.82. The molecule has 1 N–H and O–H groups in total. The number of carbonyl (C=O) groups excluding carboxylic acids is 1. The highest BCUT2D eigenvalue weighted by atomic mass is 16.5. The Morgan fingerprint density at radius 1 is 1.22 bits per heavy atom. The Labute approximate surface area is 158 Å². The molecule has 9 nitrogen and oxygen atoms in total. The number of aromatic nitrogens is 4. The van der Waals surface area contributed by atoms with E-state index in [1.807, 2.05) is 16.8 Å². The molecule has 0 radical (unpaired) electrons. The van der Waals surface area contributed by atoms with Gasteiger partial charge in [0.05, 0.1) is 32.0 Å². The van der Waals surface area contributed by atoms with Crippen molar-refractivity contribution in [2.75, 3.05) is 43.1 Å². The van der Waals surface area contributed by atoms with E-state index in [0.717, 1.165) is 18.1 Å². The van der Waals surface area contributed by atoms with Crippen LogP contribution in [0.1, 0.15) is 30.0 Å². The molecular formula is C18H25N7O2. The van der Waals surface area contributed by atoms with Crippen molar-refractivity contribution in [3.05, 3.63) is 29.7 Å². The number of fused-ring (bicyclic) bond motifs is 1. The topological polar surface area (TPSA) is 88.4 Å². The summed E-state index contributed by atoms with van der Waals surface area (Å²) in [6, 6.07) is 4.07. The summed E-state index contributed by atoms with van der Waals surface area (Å²) in [5.41, 5.74) is 1.51. The standard InChI is InChI=1S/C18H25N7O2/c1-13(2)20-16-3-4-19-18(21-16)24-5-6-25-14(12-24)11-15(22-25)17(26)23-7-9-27-10-8-23/h3-4,11,13H,5-10,12H2,1-2H3,(H,19,20,21). The molecule has 1 amide bonds. The van der Waals surface area contributed by atoms with E-state index < -0.39 is 0 Å². The molecule has 2 aromatic rings. The highest BCUT2D eigenvalue weighted by Gasteiger charge is 2.25. The zero-order valence-corrected chi connectivity index (χ0v) is 15.8. The van der Waals surface area contributed by atoms with Crippen molar-refractivity contribution < 1.29 is 9.53 Å². The number of nitrogens with one attached hydrogen (secondary N) is 1. The summed E-state index contributed by atoms with van der Waals surface area (Å²) >= 11 is 0. The average Bonchev–Trinajstić information content (AvgIpc) is 3.11. The van der Waals surface area contributed by atoms with Gasteiger partial charge in [-0.1, -0.05) is 0 Å². The molecule has 4 rings (SSSR count). The monoisotopic (exact) mass is 371 g/mol. The fourth-order valence-corrected chi connectivity index (χ4v) is 3.35. The third-order valence-electron chi connectivity index (χ3n) is 4.68. The van der Waals surface area contributed by atoms with E-state index in [4.69, 9.17) is 4.74 Å². The lowest BCUT2D eigenvalue weighted by atomic mass is 10.2. The summed E-state index contributed by atoms with van der Waals surface area (Å²) in [6.07, 6.45) is 1.77. The maximum atomic E-state index is 12.7. The van der Waals surface area contributed by atoms with E-state index in [1.54, 1.807) is 11.1 Å². The fourth-order valence-electron chi connectivity index (χ4n) is 3.35. The van der Waals surface area contributed by atoms with E-state index in [0.29, 0.717) is 57.1 Å². The lowest BCUT2D eigenvalue weighted by molar-refractivity contribution is 0.0298. The van der Waals surface area contributed by atoms with Crippen LogP contribution in [0.15, 0.2) is 18.3 Å². The first-order valence-corrected chi connectivity index (χ1v) is 9.38. The molecule has 0 spiro atoms. The van der Waals surface area contributed by atoms with Gasteiger partial charge in [-0.25, -0.2) is 4.98 Å². The minimum atomic E-state index is -0.0221. The first-order chi connectivity index (χ1) is 13.1. The third kappa shape index (κ3) is 3.87. The highest BCUT2D eigenvalue weighted by Crippen LogP contribution is 2.20. The Balaban J connectivity index is 1.49. The van der Waals surface area contributed by atoms with Crippen LogP contribution >= 0.6 is 0 Å². The maximum Gasteiger partial charge on any atom is 0.274 e. The van der Waals surface area contributed by atoms with E-state index in [-0.39, 0.29) is 5.91 Å². The van der Waals surface area contributed by atoms with Crippen LogP contribution in [0, 0.1) is 0 Å². The van der Waals surface area contributed by atoms with Gasteiger partial charge in [0.25, 0.3) is 5.91 Å². The highest BCUT2D eigenvalue weighted by molar-refractivity contribution is 5.92. The molecule has 27 heavy (non-hydrogen) atoms. The van der Waals surface area contributed by atoms with Gasteiger partial charge in [-0.2, -0.15) is 10.1 Å². The number of anilines is 2. The molecule has 0 aromatic carbocycles. The van der Waals surface area contributed by atoms with Crippen LogP contribution in [0.25, 0.3) is 0 Å². The molecule has 1 fully saturated rings. The quantitative estimate of drug-likeness (QED) is 0.857. The third-order valence-corrected chi connectivity index (χ3v) is 4.68. The van der Waals surface area contributed by atoms with Gasteiger partial charge >= 0.3 is 0 Å². The summed E-state index contributed by atoms with van der Waals surface area (Å²) in [4.78, 5) is 25.6. The molecule has 0 bridgehead atoms. The molecule has 2 aliphatic heterocycles. The SMILES string of the molecule is CC(C)Nc1ccnc(N2CCn3nc(C(=O)N4CCOCC4)cc3C2)n1. The first-order valence-electron chi connectivity index (χ1n) is 9.38. The lowest BCUT2D eigenvalue weighted by Gasteiger charge is -2.27. The van der Waals surface area contributed by atoms with E-state index in [2.05, 4.69) is 39.1 Å². The number of ether oxygens (including phenoxy) is 1. The maximum absolute atomic E-state index is 12.7. The van der Waals surface area contributed by atoms with Gasteiger partial charge in [-0.3, -0.25) is 9.48 Å². The minimum Gasteiger partial charge on any atom is -0.378 e. The number of hydrogen-bond donors (Lipinski definition) is 1.